The summed E-state index contributed by atoms with van der Waals surface area (Å²) >= 11 is 8.54. The van der Waals surface area contributed by atoms with Gasteiger partial charge in [0.25, 0.3) is 0 Å². The lowest BCUT2D eigenvalue weighted by Crippen LogP contribution is -2.57. The summed E-state index contributed by atoms with van der Waals surface area (Å²) in [4.78, 5) is 23.7. The van der Waals surface area contributed by atoms with E-state index in [1.807, 2.05) is 31.9 Å². The van der Waals surface area contributed by atoms with Crippen LogP contribution in [0.5, 0.6) is 0 Å². The molecule has 0 radical (unpaired) electrons. The van der Waals surface area contributed by atoms with E-state index in [-0.39, 0.29) is 17.2 Å². The van der Waals surface area contributed by atoms with Crippen LogP contribution < -0.4 is 4.90 Å². The molecule has 1 amide bonds. The summed E-state index contributed by atoms with van der Waals surface area (Å²) in [6.07, 6.45) is 4.07. The first-order chi connectivity index (χ1) is 21.0. The predicted octanol–water partition coefficient (Wildman–Crippen LogP) is 9.77. The minimum atomic E-state index is -1.91. The summed E-state index contributed by atoms with van der Waals surface area (Å²) in [5.41, 5.74) is 4.44. The van der Waals surface area contributed by atoms with Crippen LogP contribution in [0.3, 0.4) is 0 Å². The van der Waals surface area contributed by atoms with Crippen molar-refractivity contribution in [2.45, 2.75) is 122 Å². The number of carbonyl (C=O) groups is 1. The van der Waals surface area contributed by atoms with Crippen molar-refractivity contribution >= 4 is 53.3 Å². The number of hydrogen-bond acceptors (Lipinski definition) is 6. The van der Waals surface area contributed by atoms with Crippen molar-refractivity contribution in [3.05, 3.63) is 45.9 Å². The second kappa shape index (κ2) is 11.5. The molecule has 2 aromatic heterocycles. The monoisotopic (exact) mass is 671 g/mol. The number of ether oxygens (including phenoxy) is 1. The molecule has 1 atom stereocenters. The molecule has 45 heavy (non-hydrogen) atoms. The molecular weight excluding hydrogens is 625 g/mol. The molecule has 0 bridgehead atoms. The van der Waals surface area contributed by atoms with Gasteiger partial charge in [-0.15, -0.1) is 11.3 Å². The number of nitrogens with zero attached hydrogens (tertiary/aromatic N) is 3. The second-order valence-corrected chi connectivity index (χ2v) is 22.2. The van der Waals surface area contributed by atoms with Gasteiger partial charge in [-0.2, -0.15) is 0 Å². The van der Waals surface area contributed by atoms with Crippen molar-refractivity contribution in [2.75, 3.05) is 18.0 Å². The third-order valence-corrected chi connectivity index (χ3v) is 16.1. The smallest absolute Gasteiger partial charge is 0.410 e. The van der Waals surface area contributed by atoms with Gasteiger partial charge in [0.2, 0.25) is 0 Å². The number of anilines is 1. The lowest BCUT2D eigenvalue weighted by atomic mass is 9.72. The van der Waals surface area contributed by atoms with Gasteiger partial charge in [0, 0.05) is 64.9 Å². The SMILES string of the molecule is CC(C)(C)OC(=O)N1CC(N2CCCc3cc(Cl)cc(-c4ccnc5cc(CO[Si](C)(C)C(C)(C)C)sc45)c32)CC12CC(F)C2. The number of aryl methyl sites for hydroxylation is 1. The van der Waals surface area contributed by atoms with Crippen LogP contribution in [-0.4, -0.2) is 60.7 Å². The van der Waals surface area contributed by atoms with Crippen LogP contribution in [0, 0.1) is 0 Å². The van der Waals surface area contributed by atoms with Crippen LogP contribution in [0.15, 0.2) is 30.5 Å². The van der Waals surface area contributed by atoms with Crippen molar-refractivity contribution < 1.29 is 18.3 Å². The van der Waals surface area contributed by atoms with Crippen LogP contribution in [0.4, 0.5) is 14.9 Å². The number of pyridine rings is 1. The van der Waals surface area contributed by atoms with Crippen molar-refractivity contribution in [1.29, 1.82) is 0 Å². The molecule has 6 rings (SSSR count). The Balaban J connectivity index is 1.36. The summed E-state index contributed by atoms with van der Waals surface area (Å²) < 4.78 is 28.0. The zero-order valence-electron chi connectivity index (χ0n) is 27.9. The number of benzene rings is 1. The fraction of sp³-hybridized carbons (Fsp3) is 0.600. The summed E-state index contributed by atoms with van der Waals surface area (Å²) in [7, 11) is -1.91. The Morgan fingerprint density at radius 2 is 1.87 bits per heavy atom. The lowest BCUT2D eigenvalue weighted by Gasteiger charge is -2.47. The van der Waals surface area contributed by atoms with Gasteiger partial charge in [-0.1, -0.05) is 32.4 Å². The van der Waals surface area contributed by atoms with Gasteiger partial charge in [0.1, 0.15) is 11.8 Å². The highest BCUT2D eigenvalue weighted by atomic mass is 35.5. The maximum atomic E-state index is 14.4. The number of likely N-dealkylation sites (tertiary alicyclic amines) is 1. The molecule has 1 aliphatic carbocycles. The molecule has 1 aromatic carbocycles. The predicted molar refractivity (Wildman–Crippen MR) is 186 cm³/mol. The van der Waals surface area contributed by atoms with E-state index in [9.17, 15) is 9.18 Å². The third kappa shape index (κ3) is 6.26. The highest BCUT2D eigenvalue weighted by Gasteiger charge is 2.58. The fourth-order valence-corrected chi connectivity index (χ4v) is 9.36. The summed E-state index contributed by atoms with van der Waals surface area (Å²) in [5.74, 6) is 0. The quantitative estimate of drug-likeness (QED) is 0.253. The van der Waals surface area contributed by atoms with E-state index >= 15 is 0 Å². The van der Waals surface area contributed by atoms with E-state index in [4.69, 9.17) is 25.7 Å². The first kappa shape index (κ1) is 32.7. The molecule has 1 saturated heterocycles. The zero-order valence-corrected chi connectivity index (χ0v) is 30.5. The van der Waals surface area contributed by atoms with Gasteiger partial charge >= 0.3 is 6.09 Å². The molecule has 4 heterocycles. The van der Waals surface area contributed by atoms with Crippen LogP contribution in [0.25, 0.3) is 21.3 Å². The van der Waals surface area contributed by atoms with E-state index in [2.05, 4.69) is 63.0 Å². The van der Waals surface area contributed by atoms with E-state index < -0.39 is 25.6 Å². The average molecular weight is 672 g/mol. The van der Waals surface area contributed by atoms with Gasteiger partial charge in [-0.05, 0) is 88.0 Å². The number of alkyl halides is 1. The molecule has 10 heteroatoms. The Kier molecular flexibility index (Phi) is 8.36. The number of halogens is 2. The largest absolute Gasteiger partial charge is 0.444 e. The first-order valence-electron chi connectivity index (χ1n) is 16.2. The third-order valence-electron chi connectivity index (χ3n) is 10.3. The fourth-order valence-electron chi connectivity index (χ4n) is 7.01. The van der Waals surface area contributed by atoms with Gasteiger partial charge in [-0.3, -0.25) is 4.98 Å². The van der Waals surface area contributed by atoms with Crippen molar-refractivity contribution in [2.24, 2.45) is 0 Å². The molecule has 1 unspecified atom stereocenters. The topological polar surface area (TPSA) is 54.9 Å². The normalized spacial score (nSPS) is 23.9. The van der Waals surface area contributed by atoms with Gasteiger partial charge in [0.05, 0.1) is 22.4 Å². The minimum absolute atomic E-state index is 0.0539. The number of amides is 1. The van der Waals surface area contributed by atoms with Crippen LogP contribution in [0.2, 0.25) is 23.2 Å². The average Bonchev–Trinajstić information content (AvgIpc) is 3.51. The molecule has 2 aliphatic heterocycles. The second-order valence-electron chi connectivity index (χ2n) is 15.8. The van der Waals surface area contributed by atoms with E-state index in [1.165, 1.54) is 16.1 Å². The van der Waals surface area contributed by atoms with Crippen LogP contribution in [-0.2, 0) is 22.2 Å². The number of fused-ring (bicyclic) bond motifs is 2. The minimum Gasteiger partial charge on any atom is -0.444 e. The molecule has 0 N–H and O–H groups in total. The maximum absolute atomic E-state index is 14.4. The molecule has 1 saturated carbocycles. The standard InChI is InChI=1S/C35H47ClFN3O3SSi/c1-33(2,3)43-32(41)40-20-25(19-35(40)17-24(37)18-35)39-13-9-10-22-14-23(36)15-28(30(22)39)27-11-12-38-29-16-26(44-31(27)29)21-42-45(7,8)34(4,5)6/h11-12,14-16,24-25H,9-10,13,17-21H2,1-8H3. The van der Waals surface area contributed by atoms with Crippen molar-refractivity contribution in [3.63, 3.8) is 0 Å². The van der Waals surface area contributed by atoms with E-state index in [0.717, 1.165) is 47.2 Å². The molecular formula is C35H47ClFN3O3SSi. The van der Waals surface area contributed by atoms with Gasteiger partial charge in [-0.25, -0.2) is 9.18 Å². The zero-order chi connectivity index (χ0) is 32.5. The Morgan fingerprint density at radius 3 is 2.53 bits per heavy atom. The Morgan fingerprint density at radius 1 is 1.13 bits per heavy atom. The number of thiophene rings is 1. The Hall–Kier alpha value is -2.20. The molecule has 3 aliphatic rings. The molecule has 2 fully saturated rings. The van der Waals surface area contributed by atoms with E-state index in [0.29, 0.717) is 31.0 Å². The summed E-state index contributed by atoms with van der Waals surface area (Å²) in [6, 6.07) is 8.48. The molecule has 244 valence electrons. The highest BCUT2D eigenvalue weighted by Crippen LogP contribution is 2.51. The van der Waals surface area contributed by atoms with E-state index in [1.54, 1.807) is 11.3 Å². The van der Waals surface area contributed by atoms with Crippen molar-refractivity contribution in [1.82, 2.24) is 9.88 Å². The number of rotatable bonds is 5. The maximum Gasteiger partial charge on any atom is 0.410 e. The van der Waals surface area contributed by atoms with Gasteiger partial charge in [0.15, 0.2) is 8.32 Å². The Labute approximate surface area is 277 Å². The molecule has 3 aromatic rings. The number of carbonyl (C=O) groups excluding carboxylic acids is 1. The first-order valence-corrected chi connectivity index (χ1v) is 20.3. The highest BCUT2D eigenvalue weighted by molar-refractivity contribution is 7.19. The van der Waals surface area contributed by atoms with Gasteiger partial charge < -0.3 is 19.0 Å². The molecule has 1 spiro atoms. The summed E-state index contributed by atoms with van der Waals surface area (Å²) in [5, 5.41) is 0.852. The van der Waals surface area contributed by atoms with Crippen LogP contribution >= 0.6 is 22.9 Å². The number of hydrogen-bond donors (Lipinski definition) is 0. The van der Waals surface area contributed by atoms with Crippen LogP contribution in [0.1, 0.15) is 77.7 Å². The van der Waals surface area contributed by atoms with Crippen molar-refractivity contribution in [3.8, 4) is 11.1 Å². The summed E-state index contributed by atoms with van der Waals surface area (Å²) in [6.45, 7) is 19.0. The molecule has 6 nitrogen and oxygen atoms in total. The lowest BCUT2D eigenvalue weighted by molar-refractivity contribution is -0.0349. The Bertz CT molecular complexity index is 1610. The number of aromatic nitrogens is 1.